The van der Waals surface area contributed by atoms with Crippen molar-refractivity contribution in [3.05, 3.63) is 24.5 Å². The molecule has 1 amide bonds. The van der Waals surface area contributed by atoms with Gasteiger partial charge in [-0.05, 0) is 31.9 Å². The summed E-state index contributed by atoms with van der Waals surface area (Å²) in [5.41, 5.74) is 0.828. The molecule has 7 nitrogen and oxygen atoms in total. The first-order valence-electron chi connectivity index (χ1n) is 8.18. The molecule has 2 aromatic rings. The van der Waals surface area contributed by atoms with E-state index in [4.69, 9.17) is 4.74 Å². The first-order chi connectivity index (χ1) is 11.2. The quantitative estimate of drug-likeness (QED) is 0.920. The molecule has 0 radical (unpaired) electrons. The van der Waals surface area contributed by atoms with Crippen molar-refractivity contribution in [3.63, 3.8) is 0 Å². The average Bonchev–Trinajstić information content (AvgIpc) is 3.26. The first-order valence-corrected chi connectivity index (χ1v) is 8.18. The predicted molar refractivity (Wildman–Crippen MR) is 85.1 cm³/mol. The second-order valence-corrected chi connectivity index (χ2v) is 6.33. The van der Waals surface area contributed by atoms with Crippen LogP contribution in [0.5, 0.6) is 0 Å². The van der Waals surface area contributed by atoms with Crippen molar-refractivity contribution in [3.8, 4) is 0 Å². The molecule has 2 saturated heterocycles. The molecule has 2 aliphatic rings. The van der Waals surface area contributed by atoms with Gasteiger partial charge in [-0.15, -0.1) is 5.10 Å². The van der Waals surface area contributed by atoms with E-state index < -0.39 is 0 Å². The number of anilines is 1. The fraction of sp³-hybridized carbons (Fsp3) is 0.562. The van der Waals surface area contributed by atoms with Crippen LogP contribution in [0.1, 0.15) is 19.8 Å². The van der Waals surface area contributed by atoms with Gasteiger partial charge in [0.2, 0.25) is 5.91 Å². The Morgan fingerprint density at radius 2 is 2.30 bits per heavy atom. The minimum atomic E-state index is 0.0224. The highest BCUT2D eigenvalue weighted by molar-refractivity contribution is 5.80. The number of fused-ring (bicyclic) bond motifs is 1. The second-order valence-electron chi connectivity index (χ2n) is 6.33. The lowest BCUT2D eigenvalue weighted by molar-refractivity contribution is -0.135. The van der Waals surface area contributed by atoms with E-state index in [-0.39, 0.29) is 24.0 Å². The number of amides is 1. The van der Waals surface area contributed by atoms with Crippen molar-refractivity contribution in [2.45, 2.75) is 31.9 Å². The zero-order chi connectivity index (χ0) is 15.8. The third-order valence-corrected chi connectivity index (χ3v) is 4.80. The summed E-state index contributed by atoms with van der Waals surface area (Å²) in [4.78, 5) is 18.7. The molecular formula is C16H21N5O2. The highest BCUT2D eigenvalue weighted by atomic mass is 16.5. The fourth-order valence-electron chi connectivity index (χ4n) is 3.47. The lowest BCUT2D eigenvalue weighted by atomic mass is 10.0. The minimum absolute atomic E-state index is 0.0224. The number of carbonyl (C=O) groups is 1. The molecule has 1 N–H and O–H groups in total. The minimum Gasteiger partial charge on any atom is -0.378 e. The Morgan fingerprint density at radius 3 is 3.13 bits per heavy atom. The molecule has 0 saturated carbocycles. The number of hydrogen-bond acceptors (Lipinski definition) is 5. The summed E-state index contributed by atoms with van der Waals surface area (Å²) >= 11 is 0. The molecule has 0 unspecified atom stereocenters. The summed E-state index contributed by atoms with van der Waals surface area (Å²) < 4.78 is 7.27. The topological polar surface area (TPSA) is 71.8 Å². The zero-order valence-corrected chi connectivity index (χ0v) is 13.2. The summed E-state index contributed by atoms with van der Waals surface area (Å²) in [5.74, 6) is 1.07. The number of hydrogen-bond donors (Lipinski definition) is 1. The number of imidazole rings is 1. The molecule has 0 aliphatic carbocycles. The number of ether oxygens (including phenoxy) is 1. The van der Waals surface area contributed by atoms with Crippen molar-refractivity contribution < 1.29 is 9.53 Å². The van der Waals surface area contributed by atoms with Crippen LogP contribution in [0, 0.1) is 5.92 Å². The van der Waals surface area contributed by atoms with Crippen LogP contribution in [0.25, 0.3) is 5.65 Å². The molecule has 7 heteroatoms. The molecule has 2 aliphatic heterocycles. The van der Waals surface area contributed by atoms with Crippen molar-refractivity contribution in [2.75, 3.05) is 25.0 Å². The van der Waals surface area contributed by atoms with Gasteiger partial charge in [-0.3, -0.25) is 4.79 Å². The lowest BCUT2D eigenvalue weighted by Gasteiger charge is -2.22. The van der Waals surface area contributed by atoms with Gasteiger partial charge in [0.1, 0.15) is 5.82 Å². The van der Waals surface area contributed by atoms with Gasteiger partial charge in [-0.1, -0.05) is 0 Å². The summed E-state index contributed by atoms with van der Waals surface area (Å²) in [6.45, 7) is 4.21. The van der Waals surface area contributed by atoms with Gasteiger partial charge in [0, 0.05) is 38.1 Å². The fourth-order valence-corrected chi connectivity index (χ4v) is 3.47. The monoisotopic (exact) mass is 315 g/mol. The smallest absolute Gasteiger partial charge is 0.228 e. The highest BCUT2D eigenvalue weighted by Crippen LogP contribution is 2.25. The number of nitrogens with zero attached hydrogens (tertiary/aromatic N) is 4. The molecule has 2 aromatic heterocycles. The van der Waals surface area contributed by atoms with Crippen LogP contribution in [-0.2, 0) is 9.53 Å². The summed E-state index contributed by atoms with van der Waals surface area (Å²) in [6.07, 6.45) is 5.38. The Balaban J connectivity index is 1.39. The Kier molecular flexibility index (Phi) is 3.65. The van der Waals surface area contributed by atoms with Gasteiger partial charge >= 0.3 is 0 Å². The molecule has 122 valence electrons. The third-order valence-electron chi connectivity index (χ3n) is 4.80. The van der Waals surface area contributed by atoms with Gasteiger partial charge in [0.25, 0.3) is 0 Å². The SMILES string of the molecule is C[C@@H]1OCC[C@@H]1C(=O)N1CC[C@H](Nc2ccc3nccn3n2)C1. The maximum absolute atomic E-state index is 12.6. The standard InChI is InChI=1S/C16H21N5O2/c1-11-13(5-9-23-11)16(22)20-7-4-12(10-20)18-14-2-3-15-17-6-8-21(15)19-14/h2-3,6,8,11-13H,4-5,7,9-10H2,1H3,(H,18,19)/t11-,12-,13-/m0/s1. The van der Waals surface area contributed by atoms with Crippen molar-refractivity contribution >= 4 is 17.4 Å². The molecule has 4 rings (SSSR count). The molecule has 3 atom stereocenters. The normalized spacial score (nSPS) is 27.7. The van der Waals surface area contributed by atoms with Crippen LogP contribution in [-0.4, -0.2) is 57.2 Å². The summed E-state index contributed by atoms with van der Waals surface area (Å²) in [5, 5.41) is 7.90. The first kappa shape index (κ1) is 14.4. The summed E-state index contributed by atoms with van der Waals surface area (Å²) in [7, 11) is 0. The van der Waals surface area contributed by atoms with Gasteiger partial charge in [-0.2, -0.15) is 0 Å². The lowest BCUT2D eigenvalue weighted by Crippen LogP contribution is -2.38. The molecule has 0 spiro atoms. The van der Waals surface area contributed by atoms with E-state index in [0.29, 0.717) is 6.61 Å². The van der Waals surface area contributed by atoms with Crippen LogP contribution in [0.3, 0.4) is 0 Å². The number of likely N-dealkylation sites (tertiary alicyclic amines) is 1. The Hall–Kier alpha value is -2.15. The van der Waals surface area contributed by atoms with E-state index >= 15 is 0 Å². The maximum atomic E-state index is 12.6. The van der Waals surface area contributed by atoms with Gasteiger partial charge in [0.05, 0.1) is 12.0 Å². The molecule has 4 heterocycles. The Bertz CT molecular complexity index is 715. The van der Waals surface area contributed by atoms with E-state index in [0.717, 1.165) is 37.4 Å². The van der Waals surface area contributed by atoms with Crippen LogP contribution >= 0.6 is 0 Å². The van der Waals surface area contributed by atoms with Crippen molar-refractivity contribution in [1.82, 2.24) is 19.5 Å². The third kappa shape index (κ3) is 2.76. The average molecular weight is 315 g/mol. The number of nitrogens with one attached hydrogen (secondary N) is 1. The van der Waals surface area contributed by atoms with Crippen molar-refractivity contribution in [1.29, 1.82) is 0 Å². The second kappa shape index (κ2) is 5.81. The molecule has 23 heavy (non-hydrogen) atoms. The van der Waals surface area contributed by atoms with E-state index in [1.54, 1.807) is 10.7 Å². The van der Waals surface area contributed by atoms with E-state index in [2.05, 4.69) is 15.4 Å². The summed E-state index contributed by atoms with van der Waals surface area (Å²) in [6, 6.07) is 4.11. The van der Waals surface area contributed by atoms with Crippen LogP contribution in [0.2, 0.25) is 0 Å². The predicted octanol–water partition coefficient (Wildman–Crippen LogP) is 1.17. The molecule has 2 fully saturated rings. The number of carbonyl (C=O) groups excluding carboxylic acids is 1. The largest absolute Gasteiger partial charge is 0.378 e. The Morgan fingerprint density at radius 1 is 1.39 bits per heavy atom. The zero-order valence-electron chi connectivity index (χ0n) is 13.2. The molecule has 0 bridgehead atoms. The van der Waals surface area contributed by atoms with E-state index in [1.807, 2.05) is 30.2 Å². The van der Waals surface area contributed by atoms with Gasteiger partial charge in [0.15, 0.2) is 5.65 Å². The van der Waals surface area contributed by atoms with Crippen LogP contribution in [0.4, 0.5) is 5.82 Å². The Labute approximate surface area is 134 Å². The van der Waals surface area contributed by atoms with Crippen LogP contribution in [0.15, 0.2) is 24.5 Å². The number of rotatable bonds is 3. The maximum Gasteiger partial charge on any atom is 0.228 e. The van der Waals surface area contributed by atoms with Gasteiger partial charge in [-0.25, -0.2) is 9.50 Å². The number of aromatic nitrogens is 3. The van der Waals surface area contributed by atoms with Crippen molar-refractivity contribution in [2.24, 2.45) is 5.92 Å². The van der Waals surface area contributed by atoms with E-state index in [1.165, 1.54) is 0 Å². The van der Waals surface area contributed by atoms with E-state index in [9.17, 15) is 4.79 Å². The van der Waals surface area contributed by atoms with Crippen LogP contribution < -0.4 is 5.32 Å². The highest BCUT2D eigenvalue weighted by Gasteiger charge is 2.36. The molecule has 0 aromatic carbocycles. The van der Waals surface area contributed by atoms with Gasteiger partial charge < -0.3 is 15.0 Å². The molecular weight excluding hydrogens is 294 g/mol.